The first-order chi connectivity index (χ1) is 17.9. The minimum absolute atomic E-state index is 0.0327. The maximum absolute atomic E-state index is 15.8. The summed E-state index contributed by atoms with van der Waals surface area (Å²) in [6, 6.07) is 10.2. The van der Waals surface area contributed by atoms with Crippen molar-refractivity contribution in [1.82, 2.24) is 24.7 Å². The first-order valence-corrected chi connectivity index (χ1v) is 11.1. The Kier molecular flexibility index (Phi) is 7.86. The molecule has 0 amide bonds. The lowest BCUT2D eigenvalue weighted by atomic mass is 10.0. The highest BCUT2D eigenvalue weighted by molar-refractivity contribution is 5.95. The van der Waals surface area contributed by atoms with E-state index in [1.165, 1.54) is 31.6 Å². The zero-order valence-corrected chi connectivity index (χ0v) is 19.8. The molecule has 0 spiro atoms. The zero-order chi connectivity index (χ0) is 26.4. The normalized spacial score (nSPS) is 11.8. The summed E-state index contributed by atoms with van der Waals surface area (Å²) in [4.78, 5) is 23.5. The van der Waals surface area contributed by atoms with Crippen LogP contribution in [0.3, 0.4) is 0 Å². The highest BCUT2D eigenvalue weighted by Gasteiger charge is 2.26. The van der Waals surface area contributed by atoms with Gasteiger partial charge < -0.3 is 25.6 Å². The van der Waals surface area contributed by atoms with E-state index in [1.807, 2.05) is 0 Å². The van der Waals surface area contributed by atoms with E-state index >= 15 is 4.39 Å². The molecule has 0 fully saturated rings. The molecule has 2 aromatic carbocycles. The molecule has 37 heavy (non-hydrogen) atoms. The van der Waals surface area contributed by atoms with Gasteiger partial charge in [-0.25, -0.2) is 19.2 Å². The number of nitrogens with one attached hydrogen (secondary N) is 3. The second kappa shape index (κ2) is 11.4. The zero-order valence-electron chi connectivity index (χ0n) is 19.8. The number of amidine groups is 1. The summed E-state index contributed by atoms with van der Waals surface area (Å²) in [5, 5.41) is 24.1. The Bertz CT molecular complexity index is 1420. The summed E-state index contributed by atoms with van der Waals surface area (Å²) in [7, 11) is 1.45. The van der Waals surface area contributed by atoms with Crippen LogP contribution in [0.1, 0.15) is 28.6 Å². The van der Waals surface area contributed by atoms with Crippen molar-refractivity contribution in [3.05, 3.63) is 93.7 Å². The number of aliphatic hydroxyl groups is 1. The van der Waals surface area contributed by atoms with Crippen LogP contribution in [0.25, 0.3) is 5.95 Å². The van der Waals surface area contributed by atoms with Gasteiger partial charge in [0.15, 0.2) is 5.82 Å². The first-order valence-electron chi connectivity index (χ1n) is 11.1. The summed E-state index contributed by atoms with van der Waals surface area (Å²) in [5.41, 5.74) is 6.29. The van der Waals surface area contributed by atoms with Gasteiger partial charge in [-0.15, -0.1) is 9.78 Å². The van der Waals surface area contributed by atoms with Crippen molar-refractivity contribution in [2.75, 3.05) is 25.6 Å². The molecule has 1 unspecified atom stereocenters. The van der Waals surface area contributed by atoms with E-state index in [1.54, 1.807) is 30.3 Å². The molecule has 0 aliphatic heterocycles. The lowest BCUT2D eigenvalue weighted by molar-refractivity contribution is 0.0797. The molecule has 0 saturated heterocycles. The van der Waals surface area contributed by atoms with Crippen molar-refractivity contribution in [1.29, 1.82) is 5.41 Å². The van der Waals surface area contributed by atoms with Gasteiger partial charge in [-0.2, -0.15) is 0 Å². The molecule has 2 aromatic heterocycles. The van der Waals surface area contributed by atoms with Gasteiger partial charge >= 0.3 is 5.69 Å². The molecule has 0 bridgehead atoms. The number of benzene rings is 2. The standard InChI is InChI=1S/C24H25FN8O4/c1-36-17-11-15(13-37-10-9-34)19(25)18(12-17)20(30-16-5-3-14(4-6-16)21(26)27)22-31-24(35)33(32-22)23-28-7-2-8-29-23/h2-8,11-12,20,30,34H,9-10,13H2,1H3,(H3,26,27)(H,31,32,35). The van der Waals surface area contributed by atoms with Gasteiger partial charge in [0.25, 0.3) is 5.95 Å². The topological polar surface area (TPSA) is 177 Å². The van der Waals surface area contributed by atoms with Crippen molar-refractivity contribution in [3.8, 4) is 11.7 Å². The number of aromatic nitrogens is 5. The second-order valence-electron chi connectivity index (χ2n) is 7.81. The fraction of sp³-hybridized carbons (Fsp3) is 0.208. The molecule has 2 heterocycles. The summed E-state index contributed by atoms with van der Waals surface area (Å²) in [6.45, 7) is -0.288. The lowest BCUT2D eigenvalue weighted by Gasteiger charge is -2.21. The third kappa shape index (κ3) is 5.79. The van der Waals surface area contributed by atoms with Gasteiger partial charge in [-0.3, -0.25) is 10.4 Å². The number of aromatic amines is 1. The smallest absolute Gasteiger partial charge is 0.350 e. The lowest BCUT2D eigenvalue weighted by Crippen LogP contribution is -2.18. The van der Waals surface area contributed by atoms with Crippen LogP contribution >= 0.6 is 0 Å². The Balaban J connectivity index is 1.82. The van der Waals surface area contributed by atoms with Crippen molar-refractivity contribution in [2.45, 2.75) is 12.6 Å². The summed E-state index contributed by atoms with van der Waals surface area (Å²) >= 11 is 0. The monoisotopic (exact) mass is 508 g/mol. The number of halogens is 1. The molecular weight excluding hydrogens is 483 g/mol. The number of nitrogens with two attached hydrogens (primary N) is 1. The molecule has 0 radical (unpaired) electrons. The van der Waals surface area contributed by atoms with Gasteiger partial charge in [0.2, 0.25) is 0 Å². The maximum atomic E-state index is 15.8. The minimum atomic E-state index is -0.993. The number of methoxy groups -OCH3 is 1. The van der Waals surface area contributed by atoms with Crippen LogP contribution in [-0.2, 0) is 11.3 Å². The Labute approximate surface area is 210 Å². The van der Waals surface area contributed by atoms with Crippen LogP contribution in [0.5, 0.6) is 5.75 Å². The van der Waals surface area contributed by atoms with Crippen molar-refractivity contribution in [2.24, 2.45) is 5.73 Å². The van der Waals surface area contributed by atoms with Crippen molar-refractivity contribution < 1.29 is 19.0 Å². The van der Waals surface area contributed by atoms with Gasteiger partial charge in [-0.05, 0) is 42.5 Å². The fourth-order valence-electron chi connectivity index (χ4n) is 3.57. The largest absolute Gasteiger partial charge is 0.497 e. The number of rotatable bonds is 11. The van der Waals surface area contributed by atoms with E-state index in [4.69, 9.17) is 25.7 Å². The second-order valence-corrected chi connectivity index (χ2v) is 7.81. The Morgan fingerprint density at radius 3 is 2.65 bits per heavy atom. The third-order valence-electron chi connectivity index (χ3n) is 5.35. The van der Waals surface area contributed by atoms with Crippen molar-refractivity contribution in [3.63, 3.8) is 0 Å². The number of aliphatic hydroxyl groups excluding tert-OH is 1. The number of hydrogen-bond donors (Lipinski definition) is 5. The van der Waals surface area contributed by atoms with Gasteiger partial charge in [0.1, 0.15) is 23.4 Å². The highest BCUT2D eigenvalue weighted by atomic mass is 19.1. The molecule has 0 aliphatic rings. The van der Waals surface area contributed by atoms with Crippen LogP contribution in [0.4, 0.5) is 10.1 Å². The number of hydrogen-bond acceptors (Lipinski definition) is 9. The SMILES string of the molecule is COc1cc(COCCO)c(F)c(C(Nc2ccc(C(=N)N)cc2)c2nn(-c3ncccn3)c(=O)[nH]2)c1. The highest BCUT2D eigenvalue weighted by Crippen LogP contribution is 2.32. The molecule has 0 saturated carbocycles. The molecule has 192 valence electrons. The summed E-state index contributed by atoms with van der Waals surface area (Å²) < 4.78 is 27.5. The van der Waals surface area contributed by atoms with E-state index < -0.39 is 17.5 Å². The van der Waals surface area contributed by atoms with Crippen molar-refractivity contribution >= 4 is 11.5 Å². The average molecular weight is 509 g/mol. The molecule has 6 N–H and O–H groups in total. The predicted molar refractivity (Wildman–Crippen MR) is 132 cm³/mol. The van der Waals surface area contributed by atoms with E-state index in [2.05, 4.69) is 25.4 Å². The van der Waals surface area contributed by atoms with Crippen LogP contribution < -0.4 is 21.5 Å². The quantitative estimate of drug-likeness (QED) is 0.114. The van der Waals surface area contributed by atoms with E-state index in [-0.39, 0.29) is 48.6 Å². The van der Waals surface area contributed by atoms with Crippen LogP contribution in [0.2, 0.25) is 0 Å². The summed E-state index contributed by atoms with van der Waals surface area (Å²) in [5.74, 6) is -0.222. The van der Waals surface area contributed by atoms with Gasteiger partial charge in [0, 0.05) is 34.8 Å². The van der Waals surface area contributed by atoms with Gasteiger partial charge in [-0.1, -0.05) is 0 Å². The maximum Gasteiger partial charge on any atom is 0.350 e. The molecule has 0 aliphatic carbocycles. The number of ether oxygens (including phenoxy) is 2. The minimum Gasteiger partial charge on any atom is -0.497 e. The first kappa shape index (κ1) is 25.5. The molecular formula is C24H25FN8O4. The molecule has 1 atom stereocenters. The Morgan fingerprint density at radius 2 is 2.00 bits per heavy atom. The molecule has 4 aromatic rings. The van der Waals surface area contributed by atoms with E-state index in [0.29, 0.717) is 17.0 Å². The van der Waals surface area contributed by atoms with E-state index in [0.717, 1.165) is 4.68 Å². The van der Waals surface area contributed by atoms with Crippen LogP contribution in [0.15, 0.2) is 59.7 Å². The number of nitrogen functional groups attached to an aromatic ring is 1. The van der Waals surface area contributed by atoms with Crippen LogP contribution in [0, 0.1) is 11.2 Å². The summed E-state index contributed by atoms with van der Waals surface area (Å²) in [6.07, 6.45) is 2.94. The Hall–Kier alpha value is -4.62. The van der Waals surface area contributed by atoms with E-state index in [9.17, 15) is 4.79 Å². The molecule has 4 rings (SSSR count). The molecule has 12 nitrogen and oxygen atoms in total. The third-order valence-corrected chi connectivity index (χ3v) is 5.35. The Morgan fingerprint density at radius 1 is 1.27 bits per heavy atom. The number of nitrogens with zero attached hydrogens (tertiary/aromatic N) is 4. The number of H-pyrrole nitrogens is 1. The average Bonchev–Trinajstić information content (AvgIpc) is 3.30. The number of anilines is 1. The molecule has 13 heteroatoms. The predicted octanol–water partition coefficient (Wildman–Crippen LogP) is 1.49. The van der Waals surface area contributed by atoms with Gasteiger partial charge in [0.05, 0.1) is 26.9 Å². The fourth-order valence-corrected chi connectivity index (χ4v) is 3.57. The van der Waals surface area contributed by atoms with Crippen LogP contribution in [-0.4, -0.2) is 56.0 Å².